The Kier molecular flexibility index (Phi) is 4.41. The van der Waals surface area contributed by atoms with Gasteiger partial charge in [0.25, 0.3) is 5.92 Å². The largest absolute Gasteiger partial charge is 0.465 e. The smallest absolute Gasteiger partial charge is 0.407 e. The highest BCUT2D eigenvalue weighted by atomic mass is 19.3. The third-order valence-corrected chi connectivity index (χ3v) is 6.59. The second-order valence-corrected chi connectivity index (χ2v) is 8.44. The second kappa shape index (κ2) is 6.88. The summed E-state index contributed by atoms with van der Waals surface area (Å²) in [4.78, 5) is 23.4. The first-order chi connectivity index (χ1) is 14.3. The summed E-state index contributed by atoms with van der Waals surface area (Å²) in [6, 6.07) is 0.327. The van der Waals surface area contributed by atoms with E-state index in [4.69, 9.17) is 5.11 Å². The van der Waals surface area contributed by atoms with Gasteiger partial charge in [-0.1, -0.05) is 0 Å². The summed E-state index contributed by atoms with van der Waals surface area (Å²) in [6.07, 6.45) is 4.96. The van der Waals surface area contributed by atoms with E-state index in [2.05, 4.69) is 15.1 Å². The van der Waals surface area contributed by atoms with Gasteiger partial charge < -0.3 is 14.9 Å². The molecule has 2 aliphatic heterocycles. The summed E-state index contributed by atoms with van der Waals surface area (Å²) in [6.45, 7) is 3.73. The maximum atomic E-state index is 14.5. The van der Waals surface area contributed by atoms with Crippen LogP contribution < -0.4 is 4.90 Å². The predicted octanol–water partition coefficient (Wildman–Crippen LogP) is 3.29. The quantitative estimate of drug-likeness (QED) is 0.823. The molecule has 160 valence electrons. The van der Waals surface area contributed by atoms with Gasteiger partial charge in [0.1, 0.15) is 5.69 Å². The molecular weight excluding hydrogens is 394 g/mol. The van der Waals surface area contributed by atoms with Gasteiger partial charge in [0, 0.05) is 49.4 Å². The highest BCUT2D eigenvalue weighted by Crippen LogP contribution is 2.45. The third kappa shape index (κ3) is 3.09. The molecule has 10 heteroatoms. The number of carboxylic acid groups (broad SMARTS) is 1. The van der Waals surface area contributed by atoms with E-state index < -0.39 is 12.0 Å². The van der Waals surface area contributed by atoms with Gasteiger partial charge in [0.15, 0.2) is 0 Å². The molecular formula is C20H24F2N6O2. The van der Waals surface area contributed by atoms with E-state index in [0.717, 1.165) is 13.0 Å². The molecule has 3 aliphatic rings. The molecule has 8 nitrogen and oxygen atoms in total. The average molecular weight is 418 g/mol. The lowest BCUT2D eigenvalue weighted by molar-refractivity contribution is -0.00595. The van der Waals surface area contributed by atoms with Crippen molar-refractivity contribution in [1.82, 2.24) is 24.6 Å². The van der Waals surface area contributed by atoms with E-state index in [1.54, 1.807) is 6.20 Å². The molecule has 1 amide bonds. The molecule has 4 heterocycles. The number of rotatable bonds is 3. The minimum atomic E-state index is -2.93. The number of piperidine rings is 1. The summed E-state index contributed by atoms with van der Waals surface area (Å²) < 4.78 is 30.8. The van der Waals surface area contributed by atoms with Crippen LogP contribution in [0.3, 0.4) is 0 Å². The zero-order valence-electron chi connectivity index (χ0n) is 16.8. The number of alkyl halides is 2. The van der Waals surface area contributed by atoms with Crippen LogP contribution in [0.1, 0.15) is 49.9 Å². The van der Waals surface area contributed by atoms with E-state index in [9.17, 15) is 13.6 Å². The van der Waals surface area contributed by atoms with Crippen LogP contribution in [0.25, 0.3) is 11.3 Å². The first-order valence-electron chi connectivity index (χ1n) is 10.4. The van der Waals surface area contributed by atoms with Crippen LogP contribution in [0.2, 0.25) is 0 Å². The van der Waals surface area contributed by atoms with Gasteiger partial charge >= 0.3 is 6.09 Å². The lowest BCUT2D eigenvalue weighted by Gasteiger charge is -2.39. The minimum Gasteiger partial charge on any atom is -0.465 e. The maximum absolute atomic E-state index is 14.5. The molecule has 1 N–H and O–H groups in total. The fourth-order valence-corrected chi connectivity index (χ4v) is 4.57. The van der Waals surface area contributed by atoms with E-state index in [1.165, 1.54) is 4.90 Å². The van der Waals surface area contributed by atoms with Crippen molar-refractivity contribution in [3.8, 4) is 11.3 Å². The average Bonchev–Trinajstić information content (AvgIpc) is 3.32. The summed E-state index contributed by atoms with van der Waals surface area (Å²) in [7, 11) is 0. The Hall–Kier alpha value is -2.78. The zero-order valence-corrected chi connectivity index (χ0v) is 16.8. The number of carbonyl (C=O) groups is 1. The number of hydrogen-bond donors (Lipinski definition) is 1. The number of amides is 1. The molecule has 1 aliphatic carbocycles. The fourth-order valence-electron chi connectivity index (χ4n) is 4.57. The number of likely N-dealkylation sites (tertiary alicyclic amines) is 1. The maximum Gasteiger partial charge on any atom is 0.407 e. The van der Waals surface area contributed by atoms with Crippen molar-refractivity contribution < 1.29 is 18.7 Å². The first-order valence-corrected chi connectivity index (χ1v) is 10.4. The topological polar surface area (TPSA) is 87.4 Å². The third-order valence-electron chi connectivity index (χ3n) is 6.59. The lowest BCUT2D eigenvalue weighted by atomic mass is 10.0. The second-order valence-electron chi connectivity index (χ2n) is 8.44. The van der Waals surface area contributed by atoms with Crippen LogP contribution in [-0.2, 0) is 12.3 Å². The fraction of sp³-hybridized carbons (Fsp3) is 0.600. The van der Waals surface area contributed by atoms with E-state index >= 15 is 0 Å². The number of aromatic nitrogens is 4. The lowest BCUT2D eigenvalue weighted by Crippen LogP contribution is -2.47. The van der Waals surface area contributed by atoms with E-state index in [0.29, 0.717) is 48.7 Å². The minimum absolute atomic E-state index is 0.0838. The van der Waals surface area contributed by atoms with Gasteiger partial charge in [0.2, 0.25) is 5.95 Å². The molecule has 0 radical (unpaired) electrons. The molecule has 2 aromatic rings. The van der Waals surface area contributed by atoms with E-state index in [1.807, 2.05) is 22.7 Å². The highest BCUT2D eigenvalue weighted by Gasteiger charge is 2.44. The Labute approximate surface area is 172 Å². The van der Waals surface area contributed by atoms with Crippen LogP contribution in [0.15, 0.2) is 12.4 Å². The number of halogens is 2. The Bertz CT molecular complexity index is 986. The van der Waals surface area contributed by atoms with Crippen LogP contribution in [0.4, 0.5) is 19.5 Å². The van der Waals surface area contributed by atoms with Crippen molar-refractivity contribution in [2.75, 3.05) is 24.5 Å². The van der Waals surface area contributed by atoms with Crippen molar-refractivity contribution in [3.63, 3.8) is 0 Å². The van der Waals surface area contributed by atoms with Gasteiger partial charge in [-0.15, -0.1) is 0 Å². The summed E-state index contributed by atoms with van der Waals surface area (Å²) >= 11 is 0. The summed E-state index contributed by atoms with van der Waals surface area (Å²) in [5.74, 6) is -2.57. The van der Waals surface area contributed by atoms with Gasteiger partial charge in [-0.2, -0.15) is 13.9 Å². The summed E-state index contributed by atoms with van der Waals surface area (Å²) in [5.41, 5.74) is 1.61. The molecule has 2 saturated heterocycles. The molecule has 1 atom stereocenters. The molecule has 0 spiro atoms. The molecule has 2 aromatic heterocycles. The number of anilines is 1. The summed E-state index contributed by atoms with van der Waals surface area (Å²) in [5, 5.41) is 13.6. The van der Waals surface area contributed by atoms with Crippen molar-refractivity contribution >= 4 is 12.0 Å². The molecule has 0 saturated carbocycles. The van der Waals surface area contributed by atoms with Gasteiger partial charge in [-0.25, -0.2) is 14.8 Å². The number of fused-ring (bicyclic) bond motifs is 1. The highest BCUT2D eigenvalue weighted by molar-refractivity contribution is 5.66. The molecule has 30 heavy (non-hydrogen) atoms. The van der Waals surface area contributed by atoms with Crippen LogP contribution in [-0.4, -0.2) is 61.5 Å². The Balaban J connectivity index is 1.47. The molecule has 0 aromatic carbocycles. The zero-order chi connectivity index (χ0) is 21.0. The normalized spacial score (nSPS) is 23.4. The van der Waals surface area contributed by atoms with Gasteiger partial charge in [-0.3, -0.25) is 4.68 Å². The number of nitrogens with zero attached hydrogens (tertiary/aromatic N) is 6. The van der Waals surface area contributed by atoms with Crippen LogP contribution in [0.5, 0.6) is 0 Å². The van der Waals surface area contributed by atoms with Crippen molar-refractivity contribution in [2.24, 2.45) is 0 Å². The Morgan fingerprint density at radius 3 is 2.60 bits per heavy atom. The molecule has 5 rings (SSSR count). The molecule has 0 unspecified atom stereocenters. The van der Waals surface area contributed by atoms with Gasteiger partial charge in [-0.05, 0) is 32.6 Å². The van der Waals surface area contributed by atoms with Crippen molar-refractivity contribution in [3.05, 3.63) is 23.7 Å². The molecule has 2 fully saturated rings. The van der Waals surface area contributed by atoms with Crippen LogP contribution in [0, 0.1) is 0 Å². The number of hydrogen-bond acceptors (Lipinski definition) is 5. The monoisotopic (exact) mass is 418 g/mol. The Morgan fingerprint density at radius 2 is 1.97 bits per heavy atom. The standard InChI is InChI=1S/C20H24F2N6O2/c1-12-3-9-27(12)18-24-16(15-2-6-20(21,22)17(15)25-18)13-10-23-28(11-13)14-4-7-26(8-5-14)19(29)30/h10-12,14H,2-9H2,1H3,(H,29,30)/t12-/m0/s1. The van der Waals surface area contributed by atoms with Gasteiger partial charge in [0.05, 0.1) is 17.9 Å². The van der Waals surface area contributed by atoms with Crippen LogP contribution >= 0.6 is 0 Å². The van der Waals surface area contributed by atoms with Crippen molar-refractivity contribution in [2.45, 2.75) is 57.0 Å². The molecule has 0 bridgehead atoms. The SMILES string of the molecule is C[C@H]1CCN1c1nc(-c2cnn(C3CCN(C(=O)O)CC3)c2)c2c(n1)C(F)(F)CC2. The predicted molar refractivity (Wildman–Crippen MR) is 105 cm³/mol. The van der Waals surface area contributed by atoms with E-state index in [-0.39, 0.29) is 30.6 Å². The Morgan fingerprint density at radius 1 is 1.20 bits per heavy atom. The van der Waals surface area contributed by atoms with Crippen molar-refractivity contribution in [1.29, 1.82) is 0 Å². The first kappa shape index (κ1) is 19.2.